The number of unbranched alkanes of at least 4 members (excludes halogenated alkanes) is 1. The fourth-order valence-corrected chi connectivity index (χ4v) is 2.80. The van der Waals surface area contributed by atoms with Gasteiger partial charge in [-0.25, -0.2) is 0 Å². The number of allylic oxidation sites excluding steroid dienone is 2. The van der Waals surface area contributed by atoms with Crippen molar-refractivity contribution < 1.29 is 19.8 Å². The maximum Gasteiger partial charge on any atom is 0.0486 e. The molecule has 1 rings (SSSR count). The van der Waals surface area contributed by atoms with E-state index in [2.05, 4.69) is 0 Å². The van der Waals surface area contributed by atoms with Gasteiger partial charge in [-0.2, -0.15) is 0 Å². The maximum absolute atomic E-state index is 11.5. The molecule has 0 amide bonds. The van der Waals surface area contributed by atoms with Gasteiger partial charge in [0.05, 0.1) is 0 Å². The molecule has 2 atom stereocenters. The monoisotopic (exact) mass is 252 g/mol. The lowest BCUT2D eigenvalue weighted by Gasteiger charge is -2.46. The van der Waals surface area contributed by atoms with Crippen LogP contribution in [0.15, 0.2) is 11.1 Å². The first-order valence-corrected chi connectivity index (χ1v) is 6.42. The van der Waals surface area contributed by atoms with Crippen molar-refractivity contribution in [1.82, 2.24) is 0 Å². The Bertz CT molecular complexity index is 383. The van der Waals surface area contributed by atoms with E-state index in [1.807, 2.05) is 20.8 Å². The second kappa shape index (κ2) is 5.55. The molecule has 0 aromatic heterocycles. The van der Waals surface area contributed by atoms with E-state index in [0.29, 0.717) is 12.8 Å². The fourth-order valence-electron chi connectivity index (χ4n) is 2.80. The zero-order chi connectivity index (χ0) is 13.9. The fraction of sp³-hybridized carbons (Fsp3) is 0.714. The molecule has 0 aromatic carbocycles. The largest absolute Gasteiger partial charge is 0.550 e. The van der Waals surface area contributed by atoms with Crippen LogP contribution in [-0.2, 0) is 9.59 Å². The summed E-state index contributed by atoms with van der Waals surface area (Å²) in [7, 11) is 0. The molecule has 0 aliphatic heterocycles. The number of aliphatic carboxylic acids is 2. The van der Waals surface area contributed by atoms with Crippen molar-refractivity contribution in [2.24, 2.45) is 11.3 Å². The minimum atomic E-state index is -1.29. The highest BCUT2D eigenvalue weighted by molar-refractivity contribution is 5.82. The lowest BCUT2D eigenvalue weighted by Crippen LogP contribution is -2.54. The lowest BCUT2D eigenvalue weighted by molar-refractivity contribution is -0.336. The molecule has 0 unspecified atom stereocenters. The van der Waals surface area contributed by atoms with Crippen molar-refractivity contribution in [3.8, 4) is 0 Å². The molecule has 4 heteroatoms. The topological polar surface area (TPSA) is 80.3 Å². The molecule has 0 bridgehead atoms. The van der Waals surface area contributed by atoms with Crippen LogP contribution in [0.25, 0.3) is 0 Å². The van der Waals surface area contributed by atoms with Gasteiger partial charge in [-0.3, -0.25) is 0 Å². The highest BCUT2D eigenvalue weighted by atomic mass is 16.4. The second-order valence-electron chi connectivity index (χ2n) is 5.36. The van der Waals surface area contributed by atoms with Crippen LogP contribution in [0.3, 0.4) is 0 Å². The Hall–Kier alpha value is -1.32. The molecule has 1 aliphatic rings. The molecule has 0 aromatic rings. The second-order valence-corrected chi connectivity index (χ2v) is 5.36. The lowest BCUT2D eigenvalue weighted by atomic mass is 9.62. The molecule has 0 N–H and O–H groups in total. The van der Waals surface area contributed by atoms with Gasteiger partial charge in [-0.1, -0.05) is 30.9 Å². The average Bonchev–Trinajstić information content (AvgIpc) is 2.29. The summed E-state index contributed by atoms with van der Waals surface area (Å²) in [6.07, 6.45) is 2.38. The molecule has 0 saturated carbocycles. The predicted octanol–water partition coefficient (Wildman–Crippen LogP) is 0.409. The van der Waals surface area contributed by atoms with Crippen molar-refractivity contribution in [3.63, 3.8) is 0 Å². The number of rotatable bonds is 5. The van der Waals surface area contributed by atoms with E-state index >= 15 is 0 Å². The molecular weight excluding hydrogens is 232 g/mol. The minimum absolute atomic E-state index is 0.256. The summed E-state index contributed by atoms with van der Waals surface area (Å²) in [4.78, 5) is 22.8. The Balaban J connectivity index is 3.18. The number of carboxylic acids is 2. The van der Waals surface area contributed by atoms with E-state index in [-0.39, 0.29) is 12.8 Å². The van der Waals surface area contributed by atoms with Gasteiger partial charge in [0.2, 0.25) is 0 Å². The molecule has 0 heterocycles. The van der Waals surface area contributed by atoms with E-state index in [0.717, 1.165) is 17.6 Å². The van der Waals surface area contributed by atoms with Crippen molar-refractivity contribution in [3.05, 3.63) is 11.1 Å². The van der Waals surface area contributed by atoms with Gasteiger partial charge in [-0.15, -0.1) is 0 Å². The normalized spacial score (nSPS) is 28.3. The highest BCUT2D eigenvalue weighted by Crippen LogP contribution is 2.46. The summed E-state index contributed by atoms with van der Waals surface area (Å²) in [5.74, 6) is -3.50. The molecular formula is C14H20O4-2. The van der Waals surface area contributed by atoms with Crippen molar-refractivity contribution >= 4 is 11.9 Å². The van der Waals surface area contributed by atoms with Gasteiger partial charge in [-0.05, 0) is 33.1 Å². The van der Waals surface area contributed by atoms with Crippen LogP contribution in [0.5, 0.6) is 0 Å². The molecule has 1 aliphatic carbocycles. The third-order valence-corrected chi connectivity index (χ3v) is 4.15. The SMILES string of the molecule is CCCC[C@]1(C(=O)[O-])CC(C)=C(C)C[C@@H]1C(=O)[O-]. The number of hydrogen-bond acceptors (Lipinski definition) is 4. The van der Waals surface area contributed by atoms with E-state index in [4.69, 9.17) is 0 Å². The summed E-state index contributed by atoms with van der Waals surface area (Å²) in [6, 6.07) is 0. The quantitative estimate of drug-likeness (QED) is 0.664. The highest BCUT2D eigenvalue weighted by Gasteiger charge is 2.43. The third kappa shape index (κ3) is 2.57. The van der Waals surface area contributed by atoms with Crippen molar-refractivity contribution in [2.45, 2.75) is 52.9 Å². The van der Waals surface area contributed by atoms with Gasteiger partial charge in [0.1, 0.15) is 0 Å². The Kier molecular flexibility index (Phi) is 4.54. The van der Waals surface area contributed by atoms with Crippen LogP contribution >= 0.6 is 0 Å². The summed E-state index contributed by atoms with van der Waals surface area (Å²) in [5, 5.41) is 22.8. The van der Waals surface area contributed by atoms with Crippen LogP contribution in [0.2, 0.25) is 0 Å². The van der Waals surface area contributed by atoms with Crippen molar-refractivity contribution in [1.29, 1.82) is 0 Å². The van der Waals surface area contributed by atoms with Crippen LogP contribution in [0.4, 0.5) is 0 Å². The van der Waals surface area contributed by atoms with E-state index < -0.39 is 23.3 Å². The van der Waals surface area contributed by atoms with E-state index in [9.17, 15) is 19.8 Å². The first kappa shape index (κ1) is 14.7. The Morgan fingerprint density at radius 2 is 1.89 bits per heavy atom. The van der Waals surface area contributed by atoms with Crippen LogP contribution in [-0.4, -0.2) is 11.9 Å². The van der Waals surface area contributed by atoms with Crippen molar-refractivity contribution in [2.75, 3.05) is 0 Å². The third-order valence-electron chi connectivity index (χ3n) is 4.15. The number of hydrogen-bond donors (Lipinski definition) is 0. The average molecular weight is 252 g/mol. The summed E-state index contributed by atoms with van der Waals surface area (Å²) < 4.78 is 0. The molecule has 0 spiro atoms. The summed E-state index contributed by atoms with van der Waals surface area (Å²) >= 11 is 0. The molecule has 4 nitrogen and oxygen atoms in total. The van der Waals surface area contributed by atoms with Crippen LogP contribution in [0.1, 0.15) is 52.9 Å². The van der Waals surface area contributed by atoms with E-state index in [1.54, 1.807) is 0 Å². The van der Waals surface area contributed by atoms with Gasteiger partial charge in [0.15, 0.2) is 0 Å². The first-order valence-electron chi connectivity index (χ1n) is 6.42. The predicted molar refractivity (Wildman–Crippen MR) is 63.1 cm³/mol. The van der Waals surface area contributed by atoms with Crippen LogP contribution < -0.4 is 10.2 Å². The molecule has 0 radical (unpaired) electrons. The number of carboxylic acid groups (broad SMARTS) is 2. The maximum atomic E-state index is 11.5. The summed E-state index contributed by atoms with van der Waals surface area (Å²) in [5.41, 5.74) is 0.628. The van der Waals surface area contributed by atoms with Gasteiger partial charge in [0.25, 0.3) is 0 Å². The Morgan fingerprint density at radius 3 is 2.33 bits per heavy atom. The smallest absolute Gasteiger partial charge is 0.0486 e. The van der Waals surface area contributed by atoms with Gasteiger partial charge in [0, 0.05) is 23.3 Å². The molecule has 0 fully saturated rings. The zero-order valence-electron chi connectivity index (χ0n) is 11.2. The molecule has 0 saturated heterocycles. The van der Waals surface area contributed by atoms with Gasteiger partial charge >= 0.3 is 0 Å². The first-order chi connectivity index (χ1) is 8.35. The van der Waals surface area contributed by atoms with Crippen LogP contribution in [0, 0.1) is 11.3 Å². The number of carbonyl (C=O) groups excluding carboxylic acids is 2. The summed E-state index contributed by atoms with van der Waals surface area (Å²) in [6.45, 7) is 5.67. The van der Waals surface area contributed by atoms with Gasteiger partial charge < -0.3 is 19.8 Å². The standard InChI is InChI=1S/C14H22O4/c1-4-5-6-14(13(17)18)8-10(3)9(2)7-11(14)12(15)16/h11H,4-8H2,1-3H3,(H,15,16)(H,17,18)/p-2/t11-,14+/m1/s1. The minimum Gasteiger partial charge on any atom is -0.550 e. The number of carbonyl (C=O) groups is 2. The van der Waals surface area contributed by atoms with E-state index in [1.165, 1.54) is 0 Å². The zero-order valence-corrected chi connectivity index (χ0v) is 11.2. The Labute approximate surface area is 108 Å². The molecule has 18 heavy (non-hydrogen) atoms. The molecule has 102 valence electrons. The Morgan fingerprint density at radius 1 is 1.28 bits per heavy atom.